The standard InChI is InChI=1S/C17H32N4O3/c1-24-12-9-18-13-16(22)21-10-7-15(8-11-21)20-17(23)19-14-5-3-2-4-6-14/h14-15,18H,2-13H2,1H3,(H2,19,20,23). The maximum Gasteiger partial charge on any atom is 0.315 e. The van der Waals surface area contributed by atoms with Crippen LogP contribution in [0.5, 0.6) is 0 Å². The lowest BCUT2D eigenvalue weighted by Crippen LogP contribution is -2.52. The number of amides is 3. The highest BCUT2D eigenvalue weighted by Gasteiger charge is 2.24. The summed E-state index contributed by atoms with van der Waals surface area (Å²) in [6, 6.07) is 0.450. The van der Waals surface area contributed by atoms with Gasteiger partial charge in [0.15, 0.2) is 0 Å². The van der Waals surface area contributed by atoms with Gasteiger partial charge >= 0.3 is 6.03 Å². The molecule has 138 valence electrons. The first-order valence-electron chi connectivity index (χ1n) is 9.23. The SMILES string of the molecule is COCCNCC(=O)N1CCC(NC(=O)NC2CCCCC2)CC1. The predicted octanol–water partition coefficient (Wildman–Crippen LogP) is 0.845. The smallest absolute Gasteiger partial charge is 0.315 e. The second-order valence-electron chi connectivity index (χ2n) is 6.78. The molecular formula is C17H32N4O3. The average molecular weight is 340 g/mol. The van der Waals surface area contributed by atoms with E-state index in [4.69, 9.17) is 4.74 Å². The van der Waals surface area contributed by atoms with Gasteiger partial charge in [-0.3, -0.25) is 4.79 Å². The third-order valence-corrected chi connectivity index (χ3v) is 4.88. The van der Waals surface area contributed by atoms with Gasteiger partial charge in [-0.2, -0.15) is 0 Å². The van der Waals surface area contributed by atoms with E-state index in [0.717, 1.165) is 25.7 Å². The van der Waals surface area contributed by atoms with Crippen molar-refractivity contribution in [3.63, 3.8) is 0 Å². The molecule has 1 saturated carbocycles. The van der Waals surface area contributed by atoms with Gasteiger partial charge in [-0.05, 0) is 25.7 Å². The summed E-state index contributed by atoms with van der Waals surface area (Å²) in [5.74, 6) is 0.121. The maximum absolute atomic E-state index is 12.1. The van der Waals surface area contributed by atoms with Gasteiger partial charge in [-0.25, -0.2) is 4.79 Å². The number of hydrogen-bond donors (Lipinski definition) is 3. The van der Waals surface area contributed by atoms with E-state index in [2.05, 4.69) is 16.0 Å². The average Bonchev–Trinajstić information content (AvgIpc) is 2.60. The number of ether oxygens (including phenoxy) is 1. The molecule has 0 aromatic rings. The van der Waals surface area contributed by atoms with E-state index in [1.165, 1.54) is 19.3 Å². The third-order valence-electron chi connectivity index (χ3n) is 4.88. The number of rotatable bonds is 7. The van der Waals surface area contributed by atoms with E-state index in [9.17, 15) is 9.59 Å². The van der Waals surface area contributed by atoms with Crippen molar-refractivity contribution < 1.29 is 14.3 Å². The molecule has 2 rings (SSSR count). The summed E-state index contributed by atoms with van der Waals surface area (Å²) in [4.78, 5) is 26.0. The largest absolute Gasteiger partial charge is 0.383 e. The van der Waals surface area contributed by atoms with Gasteiger partial charge in [0.05, 0.1) is 13.2 Å². The van der Waals surface area contributed by atoms with Crippen molar-refractivity contribution in [2.75, 3.05) is 39.9 Å². The highest BCUT2D eigenvalue weighted by atomic mass is 16.5. The molecule has 7 nitrogen and oxygen atoms in total. The molecule has 3 amide bonds. The molecule has 0 unspecified atom stereocenters. The maximum atomic E-state index is 12.1. The summed E-state index contributed by atoms with van der Waals surface area (Å²) in [6.07, 6.45) is 7.54. The molecule has 1 aliphatic heterocycles. The Morgan fingerprint density at radius 1 is 1.00 bits per heavy atom. The Balaban J connectivity index is 1.59. The van der Waals surface area contributed by atoms with Gasteiger partial charge < -0.3 is 25.6 Å². The molecule has 0 aromatic heterocycles. The lowest BCUT2D eigenvalue weighted by atomic mass is 9.96. The Hall–Kier alpha value is -1.34. The van der Waals surface area contributed by atoms with Crippen molar-refractivity contribution in [2.45, 2.75) is 57.0 Å². The normalized spacial score (nSPS) is 20.0. The minimum atomic E-state index is -0.0482. The van der Waals surface area contributed by atoms with Crippen LogP contribution >= 0.6 is 0 Å². The van der Waals surface area contributed by atoms with Crippen LogP contribution in [0.15, 0.2) is 0 Å². The Morgan fingerprint density at radius 3 is 2.25 bits per heavy atom. The first kappa shape index (κ1) is 19.0. The van der Waals surface area contributed by atoms with Crippen LogP contribution in [0, 0.1) is 0 Å². The number of piperidine rings is 1. The number of carbonyl (C=O) groups excluding carboxylic acids is 2. The zero-order valence-electron chi connectivity index (χ0n) is 14.8. The number of likely N-dealkylation sites (tertiary alicyclic amines) is 1. The molecule has 7 heteroatoms. The van der Waals surface area contributed by atoms with E-state index < -0.39 is 0 Å². The molecule has 0 bridgehead atoms. The second kappa shape index (κ2) is 10.5. The highest BCUT2D eigenvalue weighted by Crippen LogP contribution is 2.17. The molecule has 0 radical (unpaired) electrons. The van der Waals surface area contributed by atoms with Gasteiger partial charge in [0.1, 0.15) is 0 Å². The first-order valence-corrected chi connectivity index (χ1v) is 9.23. The van der Waals surface area contributed by atoms with Crippen molar-refractivity contribution >= 4 is 11.9 Å². The van der Waals surface area contributed by atoms with Crippen LogP contribution in [0.25, 0.3) is 0 Å². The van der Waals surface area contributed by atoms with E-state index >= 15 is 0 Å². The lowest BCUT2D eigenvalue weighted by molar-refractivity contribution is -0.131. The summed E-state index contributed by atoms with van der Waals surface area (Å²) >= 11 is 0. The van der Waals surface area contributed by atoms with Crippen LogP contribution in [0.4, 0.5) is 4.79 Å². The van der Waals surface area contributed by atoms with Crippen molar-refractivity contribution in [2.24, 2.45) is 0 Å². The second-order valence-corrected chi connectivity index (χ2v) is 6.78. The van der Waals surface area contributed by atoms with Crippen LogP contribution in [0.3, 0.4) is 0 Å². The third kappa shape index (κ3) is 6.65. The molecule has 24 heavy (non-hydrogen) atoms. The summed E-state index contributed by atoms with van der Waals surface area (Å²) in [7, 11) is 1.64. The number of hydrogen-bond acceptors (Lipinski definition) is 4. The minimum Gasteiger partial charge on any atom is -0.383 e. The summed E-state index contributed by atoms with van der Waals surface area (Å²) in [6.45, 7) is 3.05. The van der Waals surface area contributed by atoms with Crippen LogP contribution < -0.4 is 16.0 Å². The van der Waals surface area contributed by atoms with Crippen LogP contribution in [0.1, 0.15) is 44.9 Å². The molecule has 2 aliphatic rings. The lowest BCUT2D eigenvalue weighted by Gasteiger charge is -2.33. The van der Waals surface area contributed by atoms with Gasteiger partial charge in [-0.1, -0.05) is 19.3 Å². The number of nitrogens with one attached hydrogen (secondary N) is 3. The summed E-state index contributed by atoms with van der Waals surface area (Å²) < 4.78 is 4.94. The molecule has 0 spiro atoms. The van der Waals surface area contributed by atoms with E-state index in [1.807, 2.05) is 4.90 Å². The van der Waals surface area contributed by atoms with Gasteiger partial charge in [0, 0.05) is 38.8 Å². The van der Waals surface area contributed by atoms with E-state index in [1.54, 1.807) is 7.11 Å². The monoisotopic (exact) mass is 340 g/mol. The van der Waals surface area contributed by atoms with E-state index in [0.29, 0.717) is 38.8 Å². The molecule has 0 aromatic carbocycles. The van der Waals surface area contributed by atoms with Crippen LogP contribution in [0.2, 0.25) is 0 Å². The van der Waals surface area contributed by atoms with Crippen molar-refractivity contribution in [3.05, 3.63) is 0 Å². The highest BCUT2D eigenvalue weighted by molar-refractivity contribution is 5.78. The minimum absolute atomic E-state index is 0.0482. The molecule has 1 heterocycles. The molecular weight excluding hydrogens is 308 g/mol. The Labute approximate surface area is 144 Å². The predicted molar refractivity (Wildman–Crippen MR) is 92.9 cm³/mol. The fourth-order valence-electron chi connectivity index (χ4n) is 3.41. The molecule has 0 atom stereocenters. The zero-order valence-corrected chi connectivity index (χ0v) is 14.8. The Kier molecular flexibility index (Phi) is 8.32. The molecule has 1 saturated heterocycles. The summed E-state index contributed by atoms with van der Waals surface area (Å²) in [5.41, 5.74) is 0. The van der Waals surface area contributed by atoms with Gasteiger partial charge in [-0.15, -0.1) is 0 Å². The zero-order chi connectivity index (χ0) is 17.2. The quantitative estimate of drug-likeness (QED) is 0.600. The molecule has 3 N–H and O–H groups in total. The summed E-state index contributed by atoms with van der Waals surface area (Å²) in [5, 5.41) is 9.23. The number of methoxy groups -OCH3 is 1. The topological polar surface area (TPSA) is 82.7 Å². The van der Waals surface area contributed by atoms with E-state index in [-0.39, 0.29) is 18.0 Å². The molecule has 1 aliphatic carbocycles. The number of urea groups is 1. The fraction of sp³-hybridized carbons (Fsp3) is 0.882. The first-order chi connectivity index (χ1) is 11.7. The fourth-order valence-corrected chi connectivity index (χ4v) is 3.41. The van der Waals surface area contributed by atoms with Gasteiger partial charge in [0.25, 0.3) is 0 Å². The number of nitrogens with zero attached hydrogens (tertiary/aromatic N) is 1. The van der Waals surface area contributed by atoms with Crippen molar-refractivity contribution in [1.29, 1.82) is 0 Å². The molecule has 2 fully saturated rings. The van der Waals surface area contributed by atoms with Crippen molar-refractivity contribution in [3.8, 4) is 0 Å². The van der Waals surface area contributed by atoms with Crippen LogP contribution in [-0.4, -0.2) is 68.8 Å². The Morgan fingerprint density at radius 2 is 1.62 bits per heavy atom. The van der Waals surface area contributed by atoms with Crippen molar-refractivity contribution in [1.82, 2.24) is 20.9 Å². The van der Waals surface area contributed by atoms with Crippen LogP contribution in [-0.2, 0) is 9.53 Å². The Bertz CT molecular complexity index is 391. The number of carbonyl (C=O) groups is 2. The van der Waals surface area contributed by atoms with Gasteiger partial charge in [0.2, 0.25) is 5.91 Å².